The van der Waals surface area contributed by atoms with Gasteiger partial charge in [-0.05, 0) is 0 Å². The van der Waals surface area contributed by atoms with E-state index < -0.39 is 0 Å². The summed E-state index contributed by atoms with van der Waals surface area (Å²) >= 11 is 0. The van der Waals surface area contributed by atoms with E-state index in [0.29, 0.717) is 0 Å². The van der Waals surface area contributed by atoms with Crippen molar-refractivity contribution in [3.8, 4) is 0 Å². The van der Waals surface area contributed by atoms with Gasteiger partial charge in [0.05, 0.1) is 0 Å². The van der Waals surface area contributed by atoms with Gasteiger partial charge in [0.1, 0.15) is 0 Å². The van der Waals surface area contributed by atoms with Gasteiger partial charge in [0.25, 0.3) is 6.47 Å². The molecular weight excluding hydrogens is 159 g/mol. The number of rotatable bonds is 0. The molecule has 0 aliphatic carbocycles. The molecule has 0 fully saturated rings. The standard InChI is InChI=1S/CH2O2.In/c2-1-3;/h1H,(H,2,3);. The van der Waals surface area contributed by atoms with Crippen LogP contribution in [0.25, 0.3) is 0 Å². The predicted molar refractivity (Wildman–Crippen MR) is 14.4 cm³/mol. The van der Waals surface area contributed by atoms with E-state index in [4.69, 9.17) is 9.90 Å². The molecule has 0 aromatic rings. The fourth-order valence-electron chi connectivity index (χ4n) is 0. The van der Waals surface area contributed by atoms with E-state index in [-0.39, 0.29) is 32.3 Å². The monoisotopic (exact) mass is 161 g/mol. The summed E-state index contributed by atoms with van der Waals surface area (Å²) in [6.07, 6.45) is 0. The molecule has 0 amide bonds. The Balaban J connectivity index is 0. The van der Waals surface area contributed by atoms with E-state index in [2.05, 4.69) is 0 Å². The molecule has 3 heteroatoms. The second-order valence-corrected chi connectivity index (χ2v) is 0.105. The van der Waals surface area contributed by atoms with Gasteiger partial charge in [-0.3, -0.25) is 4.79 Å². The van der Waals surface area contributed by atoms with E-state index >= 15 is 0 Å². The molecule has 1 N–H and O–H groups in total. The Morgan fingerprint density at radius 1 is 1.75 bits per heavy atom. The molecule has 0 saturated carbocycles. The smallest absolute Gasteiger partial charge is 0.290 e. The Morgan fingerprint density at radius 3 is 1.75 bits per heavy atom. The van der Waals surface area contributed by atoms with Gasteiger partial charge < -0.3 is 5.11 Å². The molecule has 0 spiro atoms. The number of hydrogen-bond acceptors (Lipinski definition) is 1. The largest absolute Gasteiger partial charge is 0.483 e. The van der Waals surface area contributed by atoms with Crippen molar-refractivity contribution in [1.29, 1.82) is 0 Å². The molecule has 3 radical (unpaired) electrons. The Morgan fingerprint density at radius 2 is 1.75 bits per heavy atom. The van der Waals surface area contributed by atoms with Crippen LogP contribution >= 0.6 is 0 Å². The van der Waals surface area contributed by atoms with Crippen LogP contribution in [0.1, 0.15) is 0 Å². The summed E-state index contributed by atoms with van der Waals surface area (Å²) in [4.78, 5) is 8.36. The Bertz CT molecular complexity index is 13.5. The Labute approximate surface area is 42.6 Å². The topological polar surface area (TPSA) is 37.3 Å². The van der Waals surface area contributed by atoms with Crippen LogP contribution in [-0.4, -0.2) is 37.4 Å². The zero-order valence-electron chi connectivity index (χ0n) is 2.01. The van der Waals surface area contributed by atoms with Gasteiger partial charge in [-0.2, -0.15) is 0 Å². The molecule has 0 bridgehead atoms. The fourth-order valence-corrected chi connectivity index (χ4v) is 0. The van der Waals surface area contributed by atoms with Gasteiger partial charge in [0, 0.05) is 25.8 Å². The molecule has 0 rings (SSSR count). The van der Waals surface area contributed by atoms with E-state index in [9.17, 15) is 0 Å². The summed E-state index contributed by atoms with van der Waals surface area (Å²) < 4.78 is 0. The van der Waals surface area contributed by atoms with Crippen molar-refractivity contribution >= 4 is 32.3 Å². The predicted octanol–water partition coefficient (Wildman–Crippen LogP) is -0.680. The van der Waals surface area contributed by atoms with Gasteiger partial charge in [0.15, 0.2) is 0 Å². The summed E-state index contributed by atoms with van der Waals surface area (Å²) in [5.41, 5.74) is 0. The van der Waals surface area contributed by atoms with Gasteiger partial charge in [-0.1, -0.05) is 0 Å². The van der Waals surface area contributed by atoms with Crippen molar-refractivity contribution in [2.45, 2.75) is 0 Å². The molecule has 0 aromatic carbocycles. The van der Waals surface area contributed by atoms with E-state index in [1.54, 1.807) is 0 Å². The molecule has 21 valence electrons. The van der Waals surface area contributed by atoms with Crippen LogP contribution in [-0.2, 0) is 4.79 Å². The minimum absolute atomic E-state index is 0. The first kappa shape index (κ1) is 8.84. The summed E-state index contributed by atoms with van der Waals surface area (Å²) in [5, 5.41) is 6.89. The van der Waals surface area contributed by atoms with Gasteiger partial charge in [-0.15, -0.1) is 0 Å². The molecule has 0 unspecified atom stereocenters. The zero-order valence-corrected chi connectivity index (χ0v) is 5.31. The minimum atomic E-state index is -0.250. The molecular formula is CH2InO2. The van der Waals surface area contributed by atoms with Crippen LogP contribution in [0.3, 0.4) is 0 Å². The van der Waals surface area contributed by atoms with Crippen LogP contribution in [0.5, 0.6) is 0 Å². The SMILES string of the molecule is O=CO.[In]. The second-order valence-electron chi connectivity index (χ2n) is 0.105. The van der Waals surface area contributed by atoms with Crippen LogP contribution < -0.4 is 0 Å². The van der Waals surface area contributed by atoms with Gasteiger partial charge in [-0.25, -0.2) is 0 Å². The maximum absolute atomic E-state index is 8.36. The van der Waals surface area contributed by atoms with Crippen LogP contribution in [0.4, 0.5) is 0 Å². The van der Waals surface area contributed by atoms with Crippen molar-refractivity contribution in [1.82, 2.24) is 0 Å². The van der Waals surface area contributed by atoms with Crippen molar-refractivity contribution in [3.05, 3.63) is 0 Å². The van der Waals surface area contributed by atoms with E-state index in [1.165, 1.54) is 0 Å². The number of hydrogen-bond donors (Lipinski definition) is 1. The van der Waals surface area contributed by atoms with Crippen molar-refractivity contribution in [3.63, 3.8) is 0 Å². The van der Waals surface area contributed by atoms with Gasteiger partial charge in [0.2, 0.25) is 0 Å². The first-order valence-corrected chi connectivity index (χ1v) is 0.494. The fraction of sp³-hybridized carbons (Fsp3) is 0. The summed E-state index contributed by atoms with van der Waals surface area (Å²) in [6.45, 7) is -0.250. The zero-order chi connectivity index (χ0) is 2.71. The normalized spacial score (nSPS) is 3.00. The molecule has 0 aromatic heterocycles. The molecule has 0 aliphatic heterocycles. The number of carbonyl (C=O) groups is 1. The summed E-state index contributed by atoms with van der Waals surface area (Å²) in [5.74, 6) is 0. The first-order chi connectivity index (χ1) is 1.41. The summed E-state index contributed by atoms with van der Waals surface area (Å²) in [7, 11) is 0. The Kier molecular flexibility index (Phi) is 22.5. The van der Waals surface area contributed by atoms with Crippen molar-refractivity contribution in [2.75, 3.05) is 0 Å². The molecule has 4 heavy (non-hydrogen) atoms. The third kappa shape index (κ3) is 36.3. The van der Waals surface area contributed by atoms with Crippen LogP contribution in [0.15, 0.2) is 0 Å². The quantitative estimate of drug-likeness (QED) is 0.477. The summed E-state index contributed by atoms with van der Waals surface area (Å²) in [6, 6.07) is 0. The maximum Gasteiger partial charge on any atom is 0.290 e. The first-order valence-electron chi connectivity index (χ1n) is 0.494. The maximum atomic E-state index is 8.36. The van der Waals surface area contributed by atoms with Gasteiger partial charge >= 0.3 is 0 Å². The molecule has 0 atom stereocenters. The molecule has 2 nitrogen and oxygen atoms in total. The average molecular weight is 161 g/mol. The third-order valence-corrected chi connectivity index (χ3v) is 0. The Hall–Kier alpha value is 0.340. The molecule has 0 aliphatic rings. The number of carboxylic acid groups (broad SMARTS) is 1. The molecule has 0 heterocycles. The van der Waals surface area contributed by atoms with Crippen molar-refractivity contribution < 1.29 is 9.90 Å². The van der Waals surface area contributed by atoms with Crippen molar-refractivity contribution in [2.24, 2.45) is 0 Å². The molecule has 0 saturated heterocycles. The van der Waals surface area contributed by atoms with E-state index in [0.717, 1.165) is 0 Å². The van der Waals surface area contributed by atoms with Crippen LogP contribution in [0, 0.1) is 0 Å². The van der Waals surface area contributed by atoms with Crippen LogP contribution in [0.2, 0.25) is 0 Å². The third-order valence-electron chi connectivity index (χ3n) is 0. The second kappa shape index (κ2) is 10.2. The minimum Gasteiger partial charge on any atom is -0.483 e. The average Bonchev–Trinajstić information content (AvgIpc) is 0.918. The van der Waals surface area contributed by atoms with E-state index in [1.807, 2.05) is 0 Å².